The van der Waals surface area contributed by atoms with Gasteiger partial charge in [0.25, 0.3) is 0 Å². The van der Waals surface area contributed by atoms with Crippen molar-refractivity contribution in [3.8, 4) is 5.75 Å². The quantitative estimate of drug-likeness (QED) is 0.613. The Morgan fingerprint density at radius 3 is 2.59 bits per heavy atom. The van der Waals surface area contributed by atoms with Crippen LogP contribution in [0, 0.1) is 5.92 Å². The van der Waals surface area contributed by atoms with Crippen LogP contribution in [0.25, 0.3) is 11.0 Å². The predicted molar refractivity (Wildman–Crippen MR) is 98.5 cm³/mol. The van der Waals surface area contributed by atoms with Gasteiger partial charge in [-0.25, -0.2) is 4.79 Å². The summed E-state index contributed by atoms with van der Waals surface area (Å²) in [5, 5.41) is 14.8. The van der Waals surface area contributed by atoms with Gasteiger partial charge < -0.3 is 24.9 Å². The number of carbonyl (C=O) groups is 3. The van der Waals surface area contributed by atoms with Gasteiger partial charge >= 0.3 is 5.97 Å². The summed E-state index contributed by atoms with van der Waals surface area (Å²) in [7, 11) is 1.56. The maximum absolute atomic E-state index is 12.1. The maximum Gasteiger partial charge on any atom is 0.326 e. The minimum absolute atomic E-state index is 0.0426. The zero-order chi connectivity index (χ0) is 20.0. The molecule has 1 aromatic carbocycles. The van der Waals surface area contributed by atoms with Crippen LogP contribution in [0.5, 0.6) is 5.75 Å². The van der Waals surface area contributed by atoms with Crippen LogP contribution in [0.1, 0.15) is 25.8 Å². The Morgan fingerprint density at radius 2 is 1.96 bits per heavy atom. The summed E-state index contributed by atoms with van der Waals surface area (Å²) in [6.45, 7) is 3.45. The van der Waals surface area contributed by atoms with E-state index in [0.717, 1.165) is 5.39 Å². The van der Waals surface area contributed by atoms with E-state index in [4.69, 9.17) is 14.3 Å². The van der Waals surface area contributed by atoms with Crippen LogP contribution in [0.2, 0.25) is 0 Å². The molecule has 27 heavy (non-hydrogen) atoms. The van der Waals surface area contributed by atoms with Gasteiger partial charge in [0.2, 0.25) is 11.8 Å². The molecule has 0 aliphatic heterocycles. The lowest BCUT2D eigenvalue weighted by molar-refractivity contribution is -0.142. The normalized spacial score (nSPS) is 12.0. The molecular weight excluding hydrogens is 352 g/mol. The Morgan fingerprint density at radius 1 is 1.22 bits per heavy atom. The number of carboxylic acids is 1. The number of carbonyl (C=O) groups excluding carboxylic acids is 2. The molecule has 0 saturated heterocycles. The van der Waals surface area contributed by atoms with Gasteiger partial charge in [0, 0.05) is 17.0 Å². The van der Waals surface area contributed by atoms with E-state index in [1.165, 1.54) is 6.26 Å². The van der Waals surface area contributed by atoms with Gasteiger partial charge in [-0.15, -0.1) is 0 Å². The minimum atomic E-state index is -1.09. The van der Waals surface area contributed by atoms with E-state index in [9.17, 15) is 14.4 Å². The Hall–Kier alpha value is -3.03. The van der Waals surface area contributed by atoms with Crippen LogP contribution in [-0.2, 0) is 20.8 Å². The van der Waals surface area contributed by atoms with Crippen LogP contribution in [0.15, 0.2) is 28.9 Å². The molecule has 8 heteroatoms. The number of ether oxygens (including phenoxy) is 1. The second kappa shape index (κ2) is 9.07. The lowest BCUT2D eigenvalue weighted by atomic mass is 10.0. The number of methoxy groups -OCH3 is 1. The first-order valence-electron chi connectivity index (χ1n) is 8.63. The molecule has 1 aromatic heterocycles. The number of rotatable bonds is 9. The Labute approximate surface area is 156 Å². The van der Waals surface area contributed by atoms with Crippen molar-refractivity contribution in [2.24, 2.45) is 5.92 Å². The number of aliphatic carboxylic acids is 1. The molecule has 2 rings (SSSR count). The number of furan rings is 1. The van der Waals surface area contributed by atoms with Gasteiger partial charge in [0.1, 0.15) is 17.4 Å². The molecule has 3 N–H and O–H groups in total. The third-order valence-electron chi connectivity index (χ3n) is 4.00. The second-order valence-corrected chi connectivity index (χ2v) is 6.66. The van der Waals surface area contributed by atoms with E-state index < -0.39 is 17.9 Å². The number of benzene rings is 1. The molecule has 0 unspecified atom stereocenters. The van der Waals surface area contributed by atoms with Crippen LogP contribution in [0.4, 0.5) is 0 Å². The van der Waals surface area contributed by atoms with E-state index in [-0.39, 0.29) is 24.8 Å². The van der Waals surface area contributed by atoms with Gasteiger partial charge in [0.15, 0.2) is 0 Å². The summed E-state index contributed by atoms with van der Waals surface area (Å²) >= 11 is 0. The first-order chi connectivity index (χ1) is 12.8. The van der Waals surface area contributed by atoms with E-state index in [2.05, 4.69) is 10.6 Å². The van der Waals surface area contributed by atoms with Gasteiger partial charge in [-0.05, 0) is 24.5 Å². The molecule has 2 aromatic rings. The average Bonchev–Trinajstić information content (AvgIpc) is 3.00. The molecule has 146 valence electrons. The number of fused-ring (bicyclic) bond motifs is 1. The van der Waals surface area contributed by atoms with Gasteiger partial charge in [-0.1, -0.05) is 13.8 Å². The van der Waals surface area contributed by atoms with Gasteiger partial charge in [-0.2, -0.15) is 0 Å². The molecule has 1 heterocycles. The first kappa shape index (κ1) is 20.3. The van der Waals surface area contributed by atoms with Crippen molar-refractivity contribution in [2.45, 2.75) is 32.7 Å². The Kier molecular flexibility index (Phi) is 6.81. The number of hydrogen-bond acceptors (Lipinski definition) is 5. The van der Waals surface area contributed by atoms with Crippen molar-refractivity contribution in [3.63, 3.8) is 0 Å². The molecule has 8 nitrogen and oxygen atoms in total. The van der Waals surface area contributed by atoms with E-state index >= 15 is 0 Å². The number of carboxylic acid groups (broad SMARTS) is 1. The molecule has 0 saturated carbocycles. The summed E-state index contributed by atoms with van der Waals surface area (Å²) in [6, 6.07) is 4.33. The fourth-order valence-corrected chi connectivity index (χ4v) is 2.68. The van der Waals surface area contributed by atoms with E-state index in [1.807, 2.05) is 13.8 Å². The zero-order valence-electron chi connectivity index (χ0n) is 15.6. The van der Waals surface area contributed by atoms with Crippen molar-refractivity contribution < 1.29 is 28.6 Å². The van der Waals surface area contributed by atoms with Gasteiger partial charge in [0.05, 0.1) is 26.3 Å². The Balaban J connectivity index is 1.89. The first-order valence-corrected chi connectivity index (χ1v) is 8.63. The smallest absolute Gasteiger partial charge is 0.326 e. The Bertz CT molecular complexity index is 827. The highest BCUT2D eigenvalue weighted by atomic mass is 16.5. The largest absolute Gasteiger partial charge is 0.497 e. The molecule has 0 aliphatic carbocycles. The summed E-state index contributed by atoms with van der Waals surface area (Å²) in [5.74, 6) is -1.23. The molecule has 0 fully saturated rings. The van der Waals surface area contributed by atoms with Crippen molar-refractivity contribution in [3.05, 3.63) is 30.0 Å². The highest BCUT2D eigenvalue weighted by molar-refractivity contribution is 5.91. The summed E-state index contributed by atoms with van der Waals surface area (Å²) < 4.78 is 10.6. The molecule has 2 amide bonds. The fourth-order valence-electron chi connectivity index (χ4n) is 2.68. The zero-order valence-corrected chi connectivity index (χ0v) is 15.6. The molecule has 0 radical (unpaired) electrons. The van der Waals surface area contributed by atoms with E-state index in [1.54, 1.807) is 25.3 Å². The topological polar surface area (TPSA) is 118 Å². The molecular formula is C19H24N2O6. The molecule has 1 atom stereocenters. The lowest BCUT2D eigenvalue weighted by Crippen LogP contribution is -2.46. The van der Waals surface area contributed by atoms with Crippen LogP contribution in [-0.4, -0.2) is 42.6 Å². The number of amides is 2. The minimum Gasteiger partial charge on any atom is -0.497 e. The highest BCUT2D eigenvalue weighted by Crippen LogP contribution is 2.25. The van der Waals surface area contributed by atoms with Crippen LogP contribution < -0.4 is 15.4 Å². The second-order valence-electron chi connectivity index (χ2n) is 6.66. The number of hydrogen-bond donors (Lipinski definition) is 3. The van der Waals surface area contributed by atoms with Crippen molar-refractivity contribution >= 4 is 28.8 Å². The third-order valence-corrected chi connectivity index (χ3v) is 4.00. The van der Waals surface area contributed by atoms with E-state index in [0.29, 0.717) is 23.3 Å². The maximum atomic E-state index is 12.1. The van der Waals surface area contributed by atoms with Crippen molar-refractivity contribution in [1.82, 2.24) is 10.6 Å². The fraction of sp³-hybridized carbons (Fsp3) is 0.421. The van der Waals surface area contributed by atoms with Crippen molar-refractivity contribution in [2.75, 3.05) is 13.7 Å². The summed E-state index contributed by atoms with van der Waals surface area (Å²) in [6.07, 6.45) is 1.85. The van der Waals surface area contributed by atoms with Crippen molar-refractivity contribution in [1.29, 1.82) is 0 Å². The summed E-state index contributed by atoms with van der Waals surface area (Å²) in [5.41, 5.74) is 1.29. The third kappa shape index (κ3) is 5.73. The van der Waals surface area contributed by atoms with Gasteiger partial charge in [-0.3, -0.25) is 9.59 Å². The molecule has 0 aliphatic rings. The average molecular weight is 376 g/mol. The monoisotopic (exact) mass is 376 g/mol. The SMILES string of the molecule is COc1ccc2c(CC(=O)NCC(=O)N[C@@H](CC(C)C)C(=O)O)coc2c1. The molecule has 0 bridgehead atoms. The predicted octanol–water partition coefficient (Wildman–Crippen LogP) is 1.72. The van der Waals surface area contributed by atoms with Crippen LogP contribution >= 0.6 is 0 Å². The highest BCUT2D eigenvalue weighted by Gasteiger charge is 2.21. The summed E-state index contributed by atoms with van der Waals surface area (Å²) in [4.78, 5) is 35.2. The standard InChI is InChI=1S/C19H24N2O6/c1-11(2)6-15(19(24)25)21-18(23)9-20-17(22)7-12-10-27-16-8-13(26-3)4-5-14(12)16/h4-5,8,10-11,15H,6-7,9H2,1-3H3,(H,20,22)(H,21,23)(H,24,25)/t15-/m0/s1. The lowest BCUT2D eigenvalue weighted by Gasteiger charge is -2.16. The van der Waals surface area contributed by atoms with Crippen LogP contribution in [0.3, 0.4) is 0 Å². The molecule has 0 spiro atoms. The number of nitrogens with one attached hydrogen (secondary N) is 2.